The fraction of sp³-hybridized carbons (Fsp3) is 0.167. The van der Waals surface area contributed by atoms with Crippen molar-refractivity contribution in [1.82, 2.24) is 10.1 Å². The van der Waals surface area contributed by atoms with Gasteiger partial charge in [0.15, 0.2) is 18.1 Å². The molecule has 0 amide bonds. The summed E-state index contributed by atoms with van der Waals surface area (Å²) in [6, 6.07) is 14.0. The second kappa shape index (κ2) is 7.48. The van der Waals surface area contributed by atoms with Crippen LogP contribution in [0.25, 0.3) is 11.4 Å². The maximum atomic E-state index is 11.9. The Morgan fingerprint density at radius 3 is 2.52 bits per heavy atom. The van der Waals surface area contributed by atoms with Crippen molar-refractivity contribution in [2.45, 2.75) is 6.61 Å². The standard InChI is InChI=1S/C18H16N2O5/c1-22-14-9-8-13(10-15(14)23-2)17-19-16(25-20-17)11-24-18(21)12-6-4-3-5-7-12/h3-10H,11H2,1-2H3. The Labute approximate surface area is 144 Å². The maximum Gasteiger partial charge on any atom is 0.338 e. The van der Waals surface area contributed by atoms with Crippen molar-refractivity contribution < 1.29 is 23.5 Å². The predicted molar refractivity (Wildman–Crippen MR) is 88.4 cm³/mol. The van der Waals surface area contributed by atoms with Crippen LogP contribution in [0.4, 0.5) is 0 Å². The summed E-state index contributed by atoms with van der Waals surface area (Å²) in [7, 11) is 3.11. The molecule has 7 nitrogen and oxygen atoms in total. The van der Waals surface area contributed by atoms with Gasteiger partial charge in [0.1, 0.15) is 0 Å². The third kappa shape index (κ3) is 3.77. The van der Waals surface area contributed by atoms with Crippen molar-refractivity contribution >= 4 is 5.97 Å². The normalized spacial score (nSPS) is 10.3. The molecular weight excluding hydrogens is 324 g/mol. The van der Waals surface area contributed by atoms with Crippen molar-refractivity contribution in [2.75, 3.05) is 14.2 Å². The molecule has 0 unspecified atom stereocenters. The first kappa shape index (κ1) is 16.5. The zero-order valence-corrected chi connectivity index (χ0v) is 13.8. The highest BCUT2D eigenvalue weighted by Crippen LogP contribution is 2.31. The van der Waals surface area contributed by atoms with Crippen LogP contribution in [0.3, 0.4) is 0 Å². The van der Waals surface area contributed by atoms with Crippen molar-refractivity contribution in [2.24, 2.45) is 0 Å². The third-order valence-corrected chi connectivity index (χ3v) is 3.45. The number of hydrogen-bond donors (Lipinski definition) is 0. The number of methoxy groups -OCH3 is 2. The number of hydrogen-bond acceptors (Lipinski definition) is 7. The van der Waals surface area contributed by atoms with Crippen LogP contribution in [0.1, 0.15) is 16.2 Å². The molecule has 0 N–H and O–H groups in total. The van der Waals surface area contributed by atoms with Gasteiger partial charge in [-0.25, -0.2) is 4.79 Å². The zero-order valence-electron chi connectivity index (χ0n) is 13.8. The molecular formula is C18H16N2O5. The van der Waals surface area contributed by atoms with E-state index >= 15 is 0 Å². The van der Waals surface area contributed by atoms with Crippen LogP contribution < -0.4 is 9.47 Å². The van der Waals surface area contributed by atoms with Gasteiger partial charge in [0.05, 0.1) is 19.8 Å². The fourth-order valence-electron chi connectivity index (χ4n) is 2.19. The molecule has 0 aliphatic carbocycles. The Balaban J connectivity index is 1.69. The number of carbonyl (C=O) groups is 1. The summed E-state index contributed by atoms with van der Waals surface area (Å²) >= 11 is 0. The van der Waals surface area contributed by atoms with Gasteiger partial charge in [-0.3, -0.25) is 0 Å². The molecule has 0 saturated carbocycles. The number of rotatable bonds is 6. The predicted octanol–water partition coefficient (Wildman–Crippen LogP) is 3.11. The zero-order chi connectivity index (χ0) is 17.6. The molecule has 0 saturated heterocycles. The van der Waals surface area contributed by atoms with Crippen LogP contribution in [0.2, 0.25) is 0 Å². The quantitative estimate of drug-likeness (QED) is 0.637. The number of aromatic nitrogens is 2. The Morgan fingerprint density at radius 1 is 1.04 bits per heavy atom. The van der Waals surface area contributed by atoms with E-state index in [0.29, 0.717) is 28.5 Å². The van der Waals surface area contributed by atoms with E-state index in [-0.39, 0.29) is 12.5 Å². The van der Waals surface area contributed by atoms with Gasteiger partial charge >= 0.3 is 5.97 Å². The van der Waals surface area contributed by atoms with Gasteiger partial charge in [0.2, 0.25) is 5.82 Å². The van der Waals surface area contributed by atoms with E-state index < -0.39 is 5.97 Å². The molecule has 25 heavy (non-hydrogen) atoms. The molecule has 7 heteroatoms. The molecule has 3 rings (SSSR count). The van der Waals surface area contributed by atoms with Crippen LogP contribution in [0.15, 0.2) is 53.1 Å². The van der Waals surface area contributed by atoms with Crippen LogP contribution in [0.5, 0.6) is 11.5 Å². The molecule has 0 radical (unpaired) electrons. The SMILES string of the molecule is COc1ccc(-c2noc(COC(=O)c3ccccc3)n2)cc1OC. The van der Waals surface area contributed by atoms with Gasteiger partial charge in [0.25, 0.3) is 5.89 Å². The number of benzene rings is 2. The van der Waals surface area contributed by atoms with Crippen molar-refractivity contribution in [3.05, 3.63) is 60.0 Å². The second-order valence-electron chi connectivity index (χ2n) is 5.02. The smallest absolute Gasteiger partial charge is 0.338 e. The summed E-state index contributed by atoms with van der Waals surface area (Å²) in [5, 5.41) is 3.89. The van der Waals surface area contributed by atoms with E-state index in [1.807, 2.05) is 6.07 Å². The Morgan fingerprint density at radius 2 is 1.80 bits per heavy atom. The maximum absolute atomic E-state index is 11.9. The summed E-state index contributed by atoms with van der Waals surface area (Å²) in [6.45, 7) is -0.103. The number of ether oxygens (including phenoxy) is 3. The van der Waals surface area contributed by atoms with E-state index in [2.05, 4.69) is 10.1 Å². The first-order chi connectivity index (χ1) is 12.2. The van der Waals surface area contributed by atoms with Gasteiger partial charge in [-0.1, -0.05) is 23.4 Å². The highest BCUT2D eigenvalue weighted by Gasteiger charge is 2.14. The topological polar surface area (TPSA) is 83.7 Å². The molecule has 128 valence electrons. The molecule has 0 bridgehead atoms. The minimum atomic E-state index is -0.452. The van der Waals surface area contributed by atoms with E-state index in [0.717, 1.165) is 0 Å². The van der Waals surface area contributed by atoms with Gasteiger partial charge in [-0.05, 0) is 30.3 Å². The van der Waals surface area contributed by atoms with Gasteiger partial charge in [-0.2, -0.15) is 4.98 Å². The Bertz CT molecular complexity index is 861. The lowest BCUT2D eigenvalue weighted by Crippen LogP contribution is -2.05. The van der Waals surface area contributed by atoms with E-state index in [1.165, 1.54) is 0 Å². The van der Waals surface area contributed by atoms with Crippen LogP contribution in [0, 0.1) is 0 Å². The minimum absolute atomic E-state index is 0.103. The van der Waals surface area contributed by atoms with Crippen molar-refractivity contribution in [3.63, 3.8) is 0 Å². The van der Waals surface area contributed by atoms with Gasteiger partial charge in [-0.15, -0.1) is 0 Å². The van der Waals surface area contributed by atoms with E-state index in [4.69, 9.17) is 18.7 Å². The molecule has 3 aromatic rings. The summed E-state index contributed by atoms with van der Waals surface area (Å²) in [4.78, 5) is 16.1. The van der Waals surface area contributed by atoms with Crippen LogP contribution in [-0.2, 0) is 11.3 Å². The van der Waals surface area contributed by atoms with Crippen LogP contribution >= 0.6 is 0 Å². The lowest BCUT2D eigenvalue weighted by atomic mass is 10.2. The Hall–Kier alpha value is -3.35. The summed E-state index contributed by atoms with van der Waals surface area (Å²) in [5.41, 5.74) is 1.16. The second-order valence-corrected chi connectivity index (χ2v) is 5.02. The lowest BCUT2D eigenvalue weighted by molar-refractivity contribution is 0.0430. The van der Waals surface area contributed by atoms with Crippen molar-refractivity contribution in [1.29, 1.82) is 0 Å². The monoisotopic (exact) mass is 340 g/mol. The largest absolute Gasteiger partial charge is 0.493 e. The fourth-order valence-corrected chi connectivity index (χ4v) is 2.19. The average Bonchev–Trinajstić information content (AvgIpc) is 3.15. The third-order valence-electron chi connectivity index (χ3n) is 3.45. The highest BCUT2D eigenvalue weighted by molar-refractivity contribution is 5.89. The Kier molecular flexibility index (Phi) is 4.94. The highest BCUT2D eigenvalue weighted by atomic mass is 16.6. The summed E-state index contributed by atoms with van der Waals surface area (Å²) in [6.07, 6.45) is 0. The molecule has 0 aliphatic heterocycles. The summed E-state index contributed by atoms with van der Waals surface area (Å²) in [5.74, 6) is 1.28. The van der Waals surface area contributed by atoms with E-state index in [9.17, 15) is 4.79 Å². The lowest BCUT2D eigenvalue weighted by Gasteiger charge is -2.07. The average molecular weight is 340 g/mol. The number of carbonyl (C=O) groups excluding carboxylic acids is 1. The van der Waals surface area contributed by atoms with Gasteiger partial charge < -0.3 is 18.7 Å². The van der Waals surface area contributed by atoms with E-state index in [1.54, 1.807) is 56.7 Å². The first-order valence-corrected chi connectivity index (χ1v) is 7.48. The van der Waals surface area contributed by atoms with Crippen molar-refractivity contribution in [3.8, 4) is 22.9 Å². The first-order valence-electron chi connectivity index (χ1n) is 7.48. The number of nitrogens with zero attached hydrogens (tertiary/aromatic N) is 2. The molecule has 0 spiro atoms. The number of esters is 1. The molecule has 0 aliphatic rings. The molecule has 0 atom stereocenters. The molecule has 0 fully saturated rings. The van der Waals surface area contributed by atoms with Crippen LogP contribution in [-0.4, -0.2) is 30.3 Å². The minimum Gasteiger partial charge on any atom is -0.493 e. The summed E-state index contributed by atoms with van der Waals surface area (Å²) < 4.78 is 20.7. The molecule has 1 aromatic heterocycles. The van der Waals surface area contributed by atoms with Gasteiger partial charge in [0, 0.05) is 5.56 Å². The molecule has 2 aromatic carbocycles. The molecule has 1 heterocycles.